The fourth-order valence-electron chi connectivity index (χ4n) is 11.9. The van der Waals surface area contributed by atoms with Crippen LogP contribution in [0.1, 0.15) is 197 Å². The molecule has 0 N–H and O–H groups in total. The van der Waals surface area contributed by atoms with Gasteiger partial charge in [-0.1, -0.05) is 369 Å². The molecule has 0 saturated heterocycles. The van der Waals surface area contributed by atoms with Crippen molar-refractivity contribution in [3.05, 3.63) is 372 Å². The van der Waals surface area contributed by atoms with Gasteiger partial charge in [-0.2, -0.15) is 11.7 Å². The van der Waals surface area contributed by atoms with E-state index in [9.17, 15) is 4.79 Å². The average molecular weight is 2280 g/mol. The van der Waals surface area contributed by atoms with Crippen molar-refractivity contribution < 1.29 is 23.7 Å². The number of carbonyl (C=O) groups is 1. The van der Waals surface area contributed by atoms with Crippen LogP contribution in [0.5, 0.6) is 0 Å². The number of nitriles is 1. The largest absolute Gasteiger partial charge is 1.00 e. The number of hydrogen-bond acceptors (Lipinski definition) is 5. The van der Waals surface area contributed by atoms with Crippen LogP contribution < -0.4 is 18.9 Å². The van der Waals surface area contributed by atoms with Gasteiger partial charge in [-0.05, 0) is 312 Å². The van der Waals surface area contributed by atoms with Crippen LogP contribution in [0.3, 0.4) is 0 Å². The zero-order chi connectivity index (χ0) is 85.5. The minimum absolute atomic E-state index is 0. The molecular formula is C103H111Br7ClI2LiN4O. The Labute approximate surface area is 816 Å². The number of halogens is 10. The summed E-state index contributed by atoms with van der Waals surface area (Å²) in [6.45, 7) is 18.8. The predicted octanol–water partition coefficient (Wildman–Crippen LogP) is 31.3. The molecule has 0 aliphatic rings. The van der Waals surface area contributed by atoms with E-state index in [0.29, 0.717) is 23.0 Å². The second kappa shape index (κ2) is 59.2. The molecule has 0 saturated carbocycles. The first kappa shape index (κ1) is 105. The van der Waals surface area contributed by atoms with Crippen LogP contribution in [0.2, 0.25) is 0 Å². The van der Waals surface area contributed by atoms with Crippen molar-refractivity contribution in [2.75, 3.05) is 8.86 Å². The van der Waals surface area contributed by atoms with E-state index in [-0.39, 0.29) is 29.7 Å². The molecule has 0 spiro atoms. The molecule has 11 aromatic carbocycles. The second-order valence-electron chi connectivity index (χ2n) is 30.8. The molecule has 620 valence electrons. The van der Waals surface area contributed by atoms with E-state index in [1.165, 1.54) is 135 Å². The number of nitrogens with zero attached hydrogens (tertiary/aromatic N) is 4. The standard InChI is InChI=1S/C45H45Br2N3.C17H16BrN.C16H16Br2.C11H13ClO.C6H4Br2.C4H8I2.C4H9.Li/c1-45(2,3)39-26-24-38(25-27-39)44-49-42(36-20-12-32(13-21-36)8-4-6-10-34-16-28-40(46)29-17-34)48-43(50-44)37-22-14-33(15-23-37)9-5-7-11-35-18-30-41(47)31-19-35;18-17-11-9-15(10-12-17)4-2-1-3-14-5-7-16(13-19)8-6-14;17-15-9-5-13(6-10-15)3-1-2-4-14-7-11-16(18)12-8-14;1-11(2,3)9-6-4-8(5-7-9)10(12)13;7-5-1-2-6(8)4-3-5;5-3-1-2-4-6;1-3-4-2;/h12-31H,4-11H2,1-3H3;5-12H,1-4H2;5-12H,1-4H2;4-7H,1-3H3;1-4H;1-4H2;1,3-4H2,2H3;/q;;;;;;-1;+1. The number of rotatable bonds is 28. The van der Waals surface area contributed by atoms with Crippen molar-refractivity contribution >= 4 is 174 Å². The van der Waals surface area contributed by atoms with Gasteiger partial charge in [0.1, 0.15) is 0 Å². The molecule has 5 nitrogen and oxygen atoms in total. The van der Waals surface area contributed by atoms with E-state index < -0.39 is 5.24 Å². The summed E-state index contributed by atoms with van der Waals surface area (Å²) < 4.78 is 10.6. The quantitative estimate of drug-likeness (QED) is 0.0122. The molecule has 0 aliphatic carbocycles. The normalized spacial score (nSPS) is 10.6. The molecule has 0 atom stereocenters. The van der Waals surface area contributed by atoms with Gasteiger partial charge >= 0.3 is 18.9 Å². The molecule has 0 radical (unpaired) electrons. The summed E-state index contributed by atoms with van der Waals surface area (Å²) in [6.07, 6.45) is 23.5. The summed E-state index contributed by atoms with van der Waals surface area (Å²) in [7, 11) is 0. The number of hydrogen-bond donors (Lipinski definition) is 0. The van der Waals surface area contributed by atoms with Crippen LogP contribution in [0.15, 0.2) is 298 Å². The predicted molar refractivity (Wildman–Crippen MR) is 548 cm³/mol. The fraction of sp³-hybridized carbons (Fsp3) is 0.301. The number of alkyl halides is 2. The third-order valence-corrected chi connectivity index (χ3v) is 24.5. The first-order valence-corrected chi connectivity index (χ1v) is 49.6. The number of aromatic nitrogens is 3. The third kappa shape index (κ3) is 43.7. The number of unbranched alkanes of at least 4 members (excludes halogenated alkanes) is 6. The first-order chi connectivity index (χ1) is 56.7. The van der Waals surface area contributed by atoms with Gasteiger partial charge in [-0.3, -0.25) is 4.79 Å². The van der Waals surface area contributed by atoms with Gasteiger partial charge in [0.05, 0.1) is 11.6 Å². The third-order valence-electron chi connectivity index (χ3n) is 19.1. The molecular weight excluding hydrogens is 2160 g/mol. The monoisotopic (exact) mass is 2270 g/mol. The van der Waals surface area contributed by atoms with Crippen LogP contribution in [-0.4, -0.2) is 29.0 Å². The Morgan fingerprint density at radius 1 is 0.336 bits per heavy atom. The number of aryl methyl sites for hydroxylation is 8. The number of carbonyl (C=O) groups excluding carboxylic acids is 1. The van der Waals surface area contributed by atoms with Crippen molar-refractivity contribution in [3.8, 4) is 40.2 Å². The maximum atomic E-state index is 10.8. The Balaban J connectivity index is 0.000000297. The minimum atomic E-state index is -0.402. The van der Waals surface area contributed by atoms with Crippen molar-refractivity contribution in [2.24, 2.45) is 0 Å². The molecule has 0 amide bonds. The Morgan fingerprint density at radius 3 is 0.706 bits per heavy atom. The molecule has 1 aromatic heterocycles. The van der Waals surface area contributed by atoms with E-state index in [4.69, 9.17) is 31.8 Å². The van der Waals surface area contributed by atoms with Crippen molar-refractivity contribution in [1.82, 2.24) is 15.0 Å². The maximum Gasteiger partial charge on any atom is 1.00 e. The van der Waals surface area contributed by atoms with Crippen molar-refractivity contribution in [1.29, 1.82) is 5.26 Å². The SMILES string of the molecule is Brc1ccc(Br)cc1.Brc1ccc(CCCCc2ccc(Br)cc2)cc1.CC(C)(C)c1ccc(-c2nc(-c3ccc(CCCCc4ccc(Br)cc4)cc3)nc(-c3ccc(CCCCc4ccc(Br)cc4)cc3)n2)cc1.CC(C)(C)c1ccc(C(=O)Cl)cc1.ICCCCI.N#Cc1ccc(CCCCc2ccc(Br)cc2)cc1.[CH2-]CCC.[Li+]. The Kier molecular flexibility index (Phi) is 52.2. The molecule has 0 bridgehead atoms. The van der Waals surface area contributed by atoms with Gasteiger partial charge in [-0.15, -0.1) is 0 Å². The molecule has 1 heterocycles. The van der Waals surface area contributed by atoms with Gasteiger partial charge in [0.15, 0.2) is 17.5 Å². The van der Waals surface area contributed by atoms with Crippen LogP contribution in [-0.2, 0) is 62.2 Å². The van der Waals surface area contributed by atoms with Crippen molar-refractivity contribution in [2.45, 2.75) is 188 Å². The molecule has 119 heavy (non-hydrogen) atoms. The molecule has 12 rings (SSSR count). The van der Waals surface area contributed by atoms with Gasteiger partial charge in [0, 0.05) is 53.6 Å². The summed E-state index contributed by atoms with van der Waals surface area (Å²) in [4.78, 5) is 25.8. The van der Waals surface area contributed by atoms with Crippen LogP contribution in [0, 0.1) is 18.3 Å². The van der Waals surface area contributed by atoms with Crippen LogP contribution in [0.4, 0.5) is 0 Å². The average Bonchev–Trinajstić information content (AvgIpc) is 0.803. The van der Waals surface area contributed by atoms with Gasteiger partial charge in [-0.25, -0.2) is 15.0 Å². The van der Waals surface area contributed by atoms with E-state index in [0.717, 1.165) is 111 Å². The summed E-state index contributed by atoms with van der Waals surface area (Å²) in [6, 6.07) is 94.7. The molecule has 0 fully saturated rings. The smallest absolute Gasteiger partial charge is 0.343 e. The topological polar surface area (TPSA) is 79.5 Å². The fourth-order valence-corrected chi connectivity index (χ4v) is 14.9. The Bertz CT molecular complexity index is 4630. The summed E-state index contributed by atoms with van der Waals surface area (Å²) in [5.74, 6) is 2.09. The zero-order valence-electron chi connectivity index (χ0n) is 70.1. The minimum Gasteiger partial charge on any atom is -0.343 e. The summed E-state index contributed by atoms with van der Waals surface area (Å²) >= 11 is 34.2. The number of benzene rings is 11. The van der Waals surface area contributed by atoms with Crippen LogP contribution >= 0.6 is 168 Å². The molecule has 0 unspecified atom stereocenters. The van der Waals surface area contributed by atoms with Gasteiger partial charge in [0.25, 0.3) is 5.24 Å². The van der Waals surface area contributed by atoms with Crippen LogP contribution in [0.25, 0.3) is 34.2 Å². The molecule has 16 heteroatoms. The molecule has 0 aliphatic heterocycles. The van der Waals surface area contributed by atoms with E-state index in [2.05, 4.69) is 424 Å². The molecule has 12 aromatic rings. The second-order valence-corrected chi connectivity index (χ2v) is 39.7. The van der Waals surface area contributed by atoms with E-state index >= 15 is 0 Å². The Morgan fingerprint density at radius 2 is 0.521 bits per heavy atom. The van der Waals surface area contributed by atoms with E-state index in [1.54, 1.807) is 12.1 Å². The van der Waals surface area contributed by atoms with Crippen molar-refractivity contribution in [3.63, 3.8) is 0 Å². The first-order valence-electron chi connectivity index (χ1n) is 40.6. The van der Waals surface area contributed by atoms with E-state index in [1.807, 2.05) is 48.5 Å². The summed E-state index contributed by atoms with van der Waals surface area (Å²) in [5.41, 5.74) is 18.0. The maximum absolute atomic E-state index is 10.8. The zero-order valence-corrected chi connectivity index (χ0v) is 86.3. The van der Waals surface area contributed by atoms with Gasteiger partial charge in [0.2, 0.25) is 0 Å². The Hall–Kier alpha value is -4.70. The summed E-state index contributed by atoms with van der Waals surface area (Å²) in [5, 5.41) is 8.33. The van der Waals surface area contributed by atoms with Gasteiger partial charge < -0.3 is 6.92 Å².